The van der Waals surface area contributed by atoms with Crippen molar-refractivity contribution in [3.8, 4) is 11.3 Å². The van der Waals surface area contributed by atoms with Gasteiger partial charge in [-0.1, -0.05) is 23.2 Å². The normalized spacial score (nSPS) is 23.9. The molecule has 8 nitrogen and oxygen atoms in total. The number of ketones is 1. The Balaban J connectivity index is 1.45. The summed E-state index contributed by atoms with van der Waals surface area (Å²) in [6, 6.07) is 2.00. The van der Waals surface area contributed by atoms with E-state index in [0.717, 1.165) is 32.4 Å². The van der Waals surface area contributed by atoms with Crippen molar-refractivity contribution in [2.75, 3.05) is 38.7 Å². The Morgan fingerprint density at radius 2 is 2.14 bits per heavy atom. The maximum Gasteiger partial charge on any atom is 0.155 e. The molecule has 2 saturated heterocycles. The van der Waals surface area contributed by atoms with E-state index in [1.54, 1.807) is 25.6 Å². The lowest BCUT2D eigenvalue weighted by Crippen LogP contribution is -2.36. The number of rotatable bonds is 9. The molecule has 0 aromatic carbocycles. The summed E-state index contributed by atoms with van der Waals surface area (Å²) >= 11 is 12.9. The summed E-state index contributed by atoms with van der Waals surface area (Å²) in [4.78, 5) is 26.3. The van der Waals surface area contributed by atoms with Gasteiger partial charge in [0.2, 0.25) is 0 Å². The van der Waals surface area contributed by atoms with Crippen molar-refractivity contribution in [3.63, 3.8) is 0 Å². The average molecular weight is 522 g/mol. The molecule has 2 aliphatic heterocycles. The molecule has 0 amide bonds. The van der Waals surface area contributed by atoms with Gasteiger partial charge in [-0.3, -0.25) is 9.78 Å². The first-order valence-corrected chi connectivity index (χ1v) is 12.8. The van der Waals surface area contributed by atoms with Gasteiger partial charge in [0.15, 0.2) is 5.15 Å². The number of pyridine rings is 1. The summed E-state index contributed by atoms with van der Waals surface area (Å²) in [5, 5.41) is 7.38. The number of anilines is 1. The van der Waals surface area contributed by atoms with Gasteiger partial charge < -0.3 is 20.1 Å². The summed E-state index contributed by atoms with van der Waals surface area (Å²) in [5.74, 6) is 1.20. The minimum absolute atomic E-state index is 0.0536. The van der Waals surface area contributed by atoms with Crippen molar-refractivity contribution in [1.82, 2.24) is 20.3 Å². The number of carbonyl (C=O) groups excluding carboxylic acids is 1. The first kappa shape index (κ1) is 26.2. The zero-order valence-corrected chi connectivity index (χ0v) is 22.0. The maximum atomic E-state index is 12.9. The highest BCUT2D eigenvalue weighted by molar-refractivity contribution is 6.35. The molecule has 2 aromatic heterocycles. The summed E-state index contributed by atoms with van der Waals surface area (Å²) < 4.78 is 11.0. The molecule has 2 N–H and O–H groups in total. The van der Waals surface area contributed by atoms with Crippen molar-refractivity contribution in [2.24, 2.45) is 11.8 Å². The molecule has 2 fully saturated rings. The number of nitrogens with zero attached hydrogens (tertiary/aromatic N) is 3. The zero-order chi connectivity index (χ0) is 25.0. The van der Waals surface area contributed by atoms with Gasteiger partial charge in [0.05, 0.1) is 23.4 Å². The third-order valence-electron chi connectivity index (χ3n) is 6.67. The van der Waals surface area contributed by atoms with Crippen molar-refractivity contribution in [1.29, 1.82) is 0 Å². The predicted molar refractivity (Wildman–Crippen MR) is 137 cm³/mol. The number of methoxy groups -OCH3 is 1. The Morgan fingerprint density at radius 1 is 1.31 bits per heavy atom. The second-order valence-electron chi connectivity index (χ2n) is 10.0. The monoisotopic (exact) mass is 521 g/mol. The SMILES string of the molecule is COC[C@H]1C[C@@H](C(=O)Cc2cc(-c3nc(NCC4CCOC(C)(C)C4)cnc3Cl)c(Cl)cn2)CN1. The number of ether oxygens (including phenoxy) is 2. The van der Waals surface area contributed by atoms with Gasteiger partial charge in [0.25, 0.3) is 0 Å². The Hall–Kier alpha value is -1.84. The molecular weight excluding hydrogens is 489 g/mol. The van der Waals surface area contributed by atoms with Gasteiger partial charge in [-0.25, -0.2) is 9.97 Å². The molecule has 2 aromatic rings. The quantitative estimate of drug-likeness (QED) is 0.506. The molecule has 3 atom stereocenters. The number of hydrogen-bond donors (Lipinski definition) is 2. The lowest BCUT2D eigenvalue weighted by molar-refractivity contribution is -0.121. The molecule has 0 radical (unpaired) electrons. The van der Waals surface area contributed by atoms with Crippen molar-refractivity contribution < 1.29 is 14.3 Å². The number of hydrogen-bond acceptors (Lipinski definition) is 8. The zero-order valence-electron chi connectivity index (χ0n) is 20.4. The van der Waals surface area contributed by atoms with Gasteiger partial charge in [-0.2, -0.15) is 0 Å². The Kier molecular flexibility index (Phi) is 8.60. The Morgan fingerprint density at radius 3 is 2.91 bits per heavy atom. The van der Waals surface area contributed by atoms with Crippen LogP contribution in [0.1, 0.15) is 38.8 Å². The van der Waals surface area contributed by atoms with Crippen LogP contribution in [0.15, 0.2) is 18.5 Å². The van der Waals surface area contributed by atoms with Gasteiger partial charge >= 0.3 is 0 Å². The topological polar surface area (TPSA) is 98.3 Å². The van der Waals surface area contributed by atoms with Crippen LogP contribution in [-0.2, 0) is 20.7 Å². The number of halogens is 2. The van der Waals surface area contributed by atoms with E-state index in [4.69, 9.17) is 37.7 Å². The van der Waals surface area contributed by atoms with Crippen molar-refractivity contribution in [2.45, 2.75) is 51.2 Å². The molecule has 0 saturated carbocycles. The van der Waals surface area contributed by atoms with Crippen LogP contribution in [0, 0.1) is 11.8 Å². The molecule has 4 heterocycles. The molecule has 35 heavy (non-hydrogen) atoms. The summed E-state index contributed by atoms with van der Waals surface area (Å²) in [5.41, 5.74) is 1.59. The number of carbonyl (C=O) groups is 1. The lowest BCUT2D eigenvalue weighted by Gasteiger charge is -2.35. The van der Waals surface area contributed by atoms with E-state index in [-0.39, 0.29) is 34.9 Å². The van der Waals surface area contributed by atoms with Crippen LogP contribution in [-0.4, -0.2) is 65.8 Å². The lowest BCUT2D eigenvalue weighted by atomic mass is 9.88. The van der Waals surface area contributed by atoms with Crippen LogP contribution >= 0.6 is 23.2 Å². The van der Waals surface area contributed by atoms with Crippen LogP contribution in [0.2, 0.25) is 10.2 Å². The fourth-order valence-corrected chi connectivity index (χ4v) is 5.27. The first-order valence-electron chi connectivity index (χ1n) is 12.0. The van der Waals surface area contributed by atoms with E-state index in [9.17, 15) is 4.79 Å². The minimum Gasteiger partial charge on any atom is -0.383 e. The Bertz CT molecular complexity index is 1050. The summed E-state index contributed by atoms with van der Waals surface area (Å²) in [6.45, 7) is 7.02. The standard InChI is InChI=1S/C25H33Cl2N5O3/c1-25(2)9-15(4-5-35-25)10-30-22-13-31-24(27)23(32-22)19-7-17(29-12-20(19)26)8-21(33)16-6-18(14-34-3)28-11-16/h7,12-13,15-16,18,28H,4-6,8-11,14H2,1-3H3,(H,30,32)/t15?,16-,18-/m1/s1. The molecule has 0 aliphatic carbocycles. The van der Waals surface area contributed by atoms with Crippen molar-refractivity contribution >= 4 is 34.8 Å². The predicted octanol–water partition coefficient (Wildman–Crippen LogP) is 4.20. The van der Waals surface area contributed by atoms with E-state index >= 15 is 0 Å². The van der Waals surface area contributed by atoms with Crippen molar-refractivity contribution in [3.05, 3.63) is 34.3 Å². The number of nitrogens with one attached hydrogen (secondary N) is 2. The molecule has 1 unspecified atom stereocenters. The molecule has 0 spiro atoms. The average Bonchev–Trinajstić information content (AvgIpc) is 3.28. The molecular formula is C25H33Cl2N5O3. The van der Waals surface area contributed by atoms with Gasteiger partial charge in [-0.15, -0.1) is 0 Å². The smallest absolute Gasteiger partial charge is 0.155 e. The highest BCUT2D eigenvalue weighted by Gasteiger charge is 2.30. The second kappa shape index (κ2) is 11.5. The Labute approximate surface area is 216 Å². The molecule has 190 valence electrons. The fraction of sp³-hybridized carbons (Fsp3) is 0.600. The van der Waals surface area contributed by atoms with E-state index in [1.165, 1.54) is 0 Å². The fourth-order valence-electron chi connectivity index (χ4n) is 4.89. The van der Waals surface area contributed by atoms with Crippen LogP contribution < -0.4 is 10.6 Å². The van der Waals surface area contributed by atoms with E-state index in [0.29, 0.717) is 46.9 Å². The molecule has 10 heteroatoms. The minimum atomic E-state index is -0.112. The first-order chi connectivity index (χ1) is 16.7. The van der Waals surface area contributed by atoms with E-state index in [1.807, 2.05) is 0 Å². The highest BCUT2D eigenvalue weighted by Crippen LogP contribution is 2.33. The molecule has 2 aliphatic rings. The largest absolute Gasteiger partial charge is 0.383 e. The van der Waals surface area contributed by atoms with Crippen LogP contribution in [0.5, 0.6) is 0 Å². The van der Waals surface area contributed by atoms with E-state index < -0.39 is 0 Å². The molecule has 4 rings (SSSR count). The van der Waals surface area contributed by atoms with Crippen LogP contribution in [0.3, 0.4) is 0 Å². The summed E-state index contributed by atoms with van der Waals surface area (Å²) in [6.07, 6.45) is 6.13. The van der Waals surface area contributed by atoms with Gasteiger partial charge in [0, 0.05) is 62.6 Å². The third-order valence-corrected chi connectivity index (χ3v) is 7.24. The van der Waals surface area contributed by atoms with Gasteiger partial charge in [0.1, 0.15) is 17.3 Å². The number of aromatic nitrogens is 3. The van der Waals surface area contributed by atoms with Crippen LogP contribution in [0.4, 0.5) is 5.82 Å². The summed E-state index contributed by atoms with van der Waals surface area (Å²) in [7, 11) is 1.67. The number of Topliss-reactive ketones (excluding diaryl/α,β-unsaturated/α-hetero) is 1. The molecule has 0 bridgehead atoms. The van der Waals surface area contributed by atoms with Gasteiger partial charge in [-0.05, 0) is 45.1 Å². The third kappa shape index (κ3) is 6.89. The van der Waals surface area contributed by atoms with E-state index in [2.05, 4.69) is 34.4 Å². The maximum absolute atomic E-state index is 12.9. The van der Waals surface area contributed by atoms with Crippen LogP contribution in [0.25, 0.3) is 11.3 Å². The highest BCUT2D eigenvalue weighted by atomic mass is 35.5. The second-order valence-corrected chi connectivity index (χ2v) is 10.8.